The molecule has 1 aromatic heterocycles. The molecule has 0 saturated carbocycles. The van der Waals surface area contributed by atoms with Crippen LogP contribution in [0.1, 0.15) is 12.0 Å². The Balaban J connectivity index is 1.62. The van der Waals surface area contributed by atoms with E-state index in [0.29, 0.717) is 11.4 Å². The van der Waals surface area contributed by atoms with Gasteiger partial charge in [-0.05, 0) is 42.1 Å². The highest BCUT2D eigenvalue weighted by molar-refractivity contribution is 8.16. The molecule has 0 aliphatic carbocycles. The van der Waals surface area contributed by atoms with E-state index >= 15 is 0 Å². The number of para-hydroxylation sites is 2. The number of sulfonamides is 1. The summed E-state index contributed by atoms with van der Waals surface area (Å²) in [4.78, 5) is 27.1. The van der Waals surface area contributed by atoms with Crippen molar-refractivity contribution in [3.63, 3.8) is 0 Å². The Kier molecular flexibility index (Phi) is 6.45. The standard InChI is InChI=1S/C22H19N3O4S3/c1-15-8-5-6-11-17(15)23-19(26)14-18-21(27)25(16-9-3-2-4-10-16)22(31-18)24-32(28,29)20-12-7-13-30-20/h2-13,18H,14H2,1H3,(H,23,26)/t18-/m1/s1. The van der Waals surface area contributed by atoms with Crippen LogP contribution < -0.4 is 10.2 Å². The molecule has 10 heteroatoms. The Morgan fingerprint density at radius 3 is 2.47 bits per heavy atom. The number of benzene rings is 2. The van der Waals surface area contributed by atoms with Gasteiger partial charge in [-0.2, -0.15) is 8.42 Å². The Morgan fingerprint density at radius 1 is 1.06 bits per heavy atom. The van der Waals surface area contributed by atoms with Crippen LogP contribution in [0.25, 0.3) is 0 Å². The van der Waals surface area contributed by atoms with Crippen LogP contribution in [0.15, 0.2) is 80.7 Å². The van der Waals surface area contributed by atoms with Crippen LogP contribution in [0.4, 0.5) is 11.4 Å². The number of hydrogen-bond donors (Lipinski definition) is 1. The third-order valence-electron chi connectivity index (χ3n) is 4.69. The van der Waals surface area contributed by atoms with Gasteiger partial charge in [0.15, 0.2) is 5.17 Å². The van der Waals surface area contributed by atoms with Gasteiger partial charge in [0.25, 0.3) is 10.0 Å². The van der Waals surface area contributed by atoms with Crippen LogP contribution in [-0.2, 0) is 19.6 Å². The number of aryl methyl sites for hydroxylation is 1. The van der Waals surface area contributed by atoms with Crippen LogP contribution >= 0.6 is 23.1 Å². The maximum absolute atomic E-state index is 13.2. The van der Waals surface area contributed by atoms with Crippen molar-refractivity contribution >= 4 is 61.5 Å². The number of anilines is 2. The second-order valence-electron chi connectivity index (χ2n) is 6.96. The zero-order chi connectivity index (χ0) is 22.7. The first-order chi connectivity index (χ1) is 15.3. The minimum Gasteiger partial charge on any atom is -0.326 e. The zero-order valence-corrected chi connectivity index (χ0v) is 19.4. The summed E-state index contributed by atoms with van der Waals surface area (Å²) in [5, 5.41) is 3.70. The minimum atomic E-state index is -3.98. The predicted octanol–water partition coefficient (Wildman–Crippen LogP) is 4.28. The first-order valence-corrected chi connectivity index (χ1v) is 12.8. The molecule has 1 aliphatic heterocycles. The van der Waals surface area contributed by atoms with Crippen LogP contribution in [0.2, 0.25) is 0 Å². The molecule has 1 saturated heterocycles. The normalized spacial score (nSPS) is 17.7. The topological polar surface area (TPSA) is 95.9 Å². The molecular formula is C22H19N3O4S3. The van der Waals surface area contributed by atoms with Gasteiger partial charge in [0.2, 0.25) is 11.8 Å². The van der Waals surface area contributed by atoms with E-state index in [0.717, 1.165) is 28.7 Å². The molecule has 0 spiro atoms. The molecule has 164 valence electrons. The maximum atomic E-state index is 13.2. The van der Waals surface area contributed by atoms with Crippen molar-refractivity contribution in [2.75, 3.05) is 10.2 Å². The number of amides is 2. The lowest BCUT2D eigenvalue weighted by atomic mass is 10.2. The van der Waals surface area contributed by atoms with E-state index in [1.165, 1.54) is 11.0 Å². The lowest BCUT2D eigenvalue weighted by molar-refractivity contribution is -0.121. The number of rotatable bonds is 6. The number of thioether (sulfide) groups is 1. The minimum absolute atomic E-state index is 0.0308. The van der Waals surface area contributed by atoms with Gasteiger partial charge in [-0.1, -0.05) is 54.2 Å². The van der Waals surface area contributed by atoms with E-state index in [-0.39, 0.29) is 27.6 Å². The van der Waals surface area contributed by atoms with Crippen LogP contribution in [-0.4, -0.2) is 30.6 Å². The van der Waals surface area contributed by atoms with E-state index < -0.39 is 15.3 Å². The summed E-state index contributed by atoms with van der Waals surface area (Å²) in [6, 6.07) is 19.1. The molecule has 3 aromatic rings. The third-order valence-corrected chi connectivity index (χ3v) is 8.58. The van der Waals surface area contributed by atoms with Gasteiger partial charge in [0, 0.05) is 12.1 Å². The number of hydrogen-bond acceptors (Lipinski definition) is 6. The fourth-order valence-corrected chi connectivity index (χ4v) is 6.42. The Labute approximate surface area is 194 Å². The summed E-state index contributed by atoms with van der Waals surface area (Å²) in [7, 11) is -3.98. The number of nitrogens with zero attached hydrogens (tertiary/aromatic N) is 2. The quantitative estimate of drug-likeness (QED) is 0.562. The van der Waals surface area contributed by atoms with Crippen molar-refractivity contribution in [2.45, 2.75) is 22.8 Å². The lowest BCUT2D eigenvalue weighted by Gasteiger charge is -2.16. The molecule has 0 bridgehead atoms. The summed E-state index contributed by atoms with van der Waals surface area (Å²) in [6.07, 6.45) is -0.112. The molecule has 32 heavy (non-hydrogen) atoms. The van der Waals surface area contributed by atoms with Crippen LogP contribution in [0.5, 0.6) is 0 Å². The monoisotopic (exact) mass is 485 g/mol. The predicted molar refractivity (Wildman–Crippen MR) is 129 cm³/mol. The Bertz CT molecular complexity index is 1270. The second-order valence-corrected chi connectivity index (χ2v) is 10.9. The zero-order valence-electron chi connectivity index (χ0n) is 17.0. The fourth-order valence-electron chi connectivity index (χ4n) is 3.12. The Morgan fingerprint density at radius 2 is 1.78 bits per heavy atom. The van der Waals surface area contributed by atoms with Gasteiger partial charge in [-0.25, -0.2) is 0 Å². The van der Waals surface area contributed by atoms with E-state index in [1.807, 2.05) is 25.1 Å². The van der Waals surface area contributed by atoms with Crippen molar-refractivity contribution in [1.29, 1.82) is 0 Å². The number of carbonyl (C=O) groups excluding carboxylic acids is 2. The average molecular weight is 486 g/mol. The van der Waals surface area contributed by atoms with Crippen molar-refractivity contribution in [3.8, 4) is 0 Å². The van der Waals surface area contributed by atoms with Crippen molar-refractivity contribution in [2.24, 2.45) is 4.40 Å². The molecule has 4 rings (SSSR count). The third kappa shape index (κ3) is 4.77. The molecule has 0 unspecified atom stereocenters. The first-order valence-electron chi connectivity index (χ1n) is 9.65. The van der Waals surface area contributed by atoms with Gasteiger partial charge in [0.1, 0.15) is 9.46 Å². The largest absolute Gasteiger partial charge is 0.326 e. The molecular weight excluding hydrogens is 466 g/mol. The van der Waals surface area contributed by atoms with E-state index in [1.54, 1.807) is 47.8 Å². The van der Waals surface area contributed by atoms with Crippen LogP contribution in [0, 0.1) is 6.92 Å². The smallest absolute Gasteiger partial charge is 0.294 e. The van der Waals surface area contributed by atoms with Crippen molar-refractivity contribution in [3.05, 3.63) is 77.7 Å². The molecule has 1 aliphatic rings. The SMILES string of the molecule is Cc1ccccc1NC(=O)C[C@H]1SC(=NS(=O)(=O)c2cccs2)N(c2ccccc2)C1=O. The first kappa shape index (κ1) is 22.3. The molecule has 1 atom stereocenters. The van der Waals surface area contributed by atoms with Gasteiger partial charge in [-0.15, -0.1) is 15.7 Å². The number of carbonyl (C=O) groups is 2. The number of amidine groups is 1. The molecule has 7 nitrogen and oxygen atoms in total. The summed E-state index contributed by atoms with van der Waals surface area (Å²) in [5.41, 5.74) is 2.07. The summed E-state index contributed by atoms with van der Waals surface area (Å²) >= 11 is 2.03. The summed E-state index contributed by atoms with van der Waals surface area (Å²) < 4.78 is 29.5. The summed E-state index contributed by atoms with van der Waals surface area (Å²) in [6.45, 7) is 1.88. The van der Waals surface area contributed by atoms with Crippen molar-refractivity contribution in [1.82, 2.24) is 0 Å². The summed E-state index contributed by atoms with van der Waals surface area (Å²) in [5.74, 6) is -0.721. The van der Waals surface area contributed by atoms with Crippen LogP contribution in [0.3, 0.4) is 0 Å². The van der Waals surface area contributed by atoms with E-state index in [2.05, 4.69) is 9.71 Å². The lowest BCUT2D eigenvalue weighted by Crippen LogP contribution is -2.33. The van der Waals surface area contributed by atoms with E-state index in [4.69, 9.17) is 0 Å². The molecule has 2 amide bonds. The molecule has 0 radical (unpaired) electrons. The molecule has 1 fully saturated rings. The molecule has 1 N–H and O–H groups in total. The maximum Gasteiger partial charge on any atom is 0.294 e. The van der Waals surface area contributed by atoms with Gasteiger partial charge < -0.3 is 5.32 Å². The Hall–Kier alpha value is -2.95. The number of thiophene rings is 1. The van der Waals surface area contributed by atoms with Gasteiger partial charge in [-0.3, -0.25) is 14.5 Å². The average Bonchev–Trinajstić information content (AvgIpc) is 3.40. The number of nitrogens with one attached hydrogen (secondary N) is 1. The van der Waals surface area contributed by atoms with Crippen molar-refractivity contribution < 1.29 is 18.0 Å². The fraction of sp³-hybridized carbons (Fsp3) is 0.136. The van der Waals surface area contributed by atoms with Gasteiger partial charge >= 0.3 is 0 Å². The highest BCUT2D eigenvalue weighted by atomic mass is 32.2. The van der Waals surface area contributed by atoms with Gasteiger partial charge in [0.05, 0.1) is 5.69 Å². The second kappa shape index (κ2) is 9.27. The molecule has 2 aromatic carbocycles. The highest BCUT2D eigenvalue weighted by Crippen LogP contribution is 2.35. The van der Waals surface area contributed by atoms with E-state index in [9.17, 15) is 18.0 Å². The highest BCUT2D eigenvalue weighted by Gasteiger charge is 2.41. The molecule has 2 heterocycles.